The average Bonchev–Trinajstić information content (AvgIpc) is 1.83. The molecular formula is C3H8NO3P. The Morgan fingerprint density at radius 3 is 2.75 bits per heavy atom. The van der Waals surface area contributed by atoms with E-state index in [0.29, 0.717) is 6.16 Å². The highest BCUT2D eigenvalue weighted by molar-refractivity contribution is 7.39. The molecule has 5 heteroatoms. The van der Waals surface area contributed by atoms with Crippen LogP contribution in [0.25, 0.3) is 0 Å². The SMILES string of the molecule is CC[PH](=O)OCN=O. The van der Waals surface area contributed by atoms with E-state index in [1.807, 2.05) is 0 Å². The summed E-state index contributed by atoms with van der Waals surface area (Å²) in [5.41, 5.74) is 0. The predicted molar refractivity (Wildman–Crippen MR) is 31.3 cm³/mol. The molecule has 0 aliphatic heterocycles. The number of nitrogens with zero attached hydrogens (tertiary/aromatic N) is 1. The Hall–Kier alpha value is -0.210. The summed E-state index contributed by atoms with van der Waals surface area (Å²) in [4.78, 5) is 9.33. The van der Waals surface area contributed by atoms with Crippen molar-refractivity contribution in [1.29, 1.82) is 0 Å². The largest absolute Gasteiger partial charge is 0.303 e. The fourth-order valence-corrected chi connectivity index (χ4v) is 0.601. The van der Waals surface area contributed by atoms with E-state index in [2.05, 4.69) is 9.70 Å². The number of hydrogen-bond acceptors (Lipinski definition) is 4. The summed E-state index contributed by atoms with van der Waals surface area (Å²) in [6.07, 6.45) is 0.472. The van der Waals surface area contributed by atoms with Crippen molar-refractivity contribution in [2.24, 2.45) is 5.18 Å². The molecule has 4 nitrogen and oxygen atoms in total. The van der Waals surface area contributed by atoms with Gasteiger partial charge in [0.25, 0.3) is 0 Å². The summed E-state index contributed by atoms with van der Waals surface area (Å²) in [6, 6.07) is 0. The van der Waals surface area contributed by atoms with Crippen LogP contribution in [0, 0.1) is 4.91 Å². The molecule has 0 heterocycles. The van der Waals surface area contributed by atoms with Gasteiger partial charge in [-0.3, -0.25) is 4.57 Å². The predicted octanol–water partition coefficient (Wildman–Crippen LogP) is 1.22. The Balaban J connectivity index is 3.11. The third kappa shape index (κ3) is 3.96. The van der Waals surface area contributed by atoms with Crippen molar-refractivity contribution in [3.8, 4) is 0 Å². The van der Waals surface area contributed by atoms with E-state index >= 15 is 0 Å². The fraction of sp³-hybridized carbons (Fsp3) is 1.00. The summed E-state index contributed by atoms with van der Waals surface area (Å²) in [5.74, 6) is 0. The quantitative estimate of drug-likeness (QED) is 0.432. The molecule has 0 aromatic heterocycles. The normalized spacial score (nSPS) is 13.1. The van der Waals surface area contributed by atoms with Gasteiger partial charge in [0.15, 0.2) is 14.8 Å². The Kier molecular flexibility index (Phi) is 4.81. The van der Waals surface area contributed by atoms with Crippen LogP contribution in [0.5, 0.6) is 0 Å². The molecular weight excluding hydrogens is 129 g/mol. The second kappa shape index (κ2) is 4.94. The topological polar surface area (TPSA) is 55.7 Å². The van der Waals surface area contributed by atoms with Gasteiger partial charge in [0, 0.05) is 6.16 Å². The van der Waals surface area contributed by atoms with E-state index in [1.165, 1.54) is 0 Å². The maximum atomic E-state index is 10.3. The van der Waals surface area contributed by atoms with Crippen LogP contribution in [0.1, 0.15) is 6.92 Å². The first-order valence-corrected chi connectivity index (χ1v) is 3.78. The maximum absolute atomic E-state index is 10.3. The molecule has 0 aromatic rings. The Morgan fingerprint density at radius 2 is 2.38 bits per heavy atom. The highest BCUT2D eigenvalue weighted by atomic mass is 31.1. The molecule has 0 aliphatic rings. The van der Waals surface area contributed by atoms with E-state index in [1.54, 1.807) is 6.92 Å². The zero-order valence-electron chi connectivity index (χ0n) is 4.59. The molecule has 0 saturated heterocycles. The molecule has 1 unspecified atom stereocenters. The standard InChI is InChI=1S/C3H8NO3P/c1-2-8(6)7-3-4-5/h8H,2-3H2,1H3. The number of hydrogen-bond donors (Lipinski definition) is 0. The van der Waals surface area contributed by atoms with Crippen LogP contribution >= 0.6 is 8.03 Å². The van der Waals surface area contributed by atoms with E-state index in [4.69, 9.17) is 0 Å². The van der Waals surface area contributed by atoms with Gasteiger partial charge in [0.2, 0.25) is 0 Å². The van der Waals surface area contributed by atoms with Crippen molar-refractivity contribution in [3.05, 3.63) is 4.91 Å². The first-order valence-electron chi connectivity index (χ1n) is 2.26. The van der Waals surface area contributed by atoms with Crippen molar-refractivity contribution < 1.29 is 9.09 Å². The van der Waals surface area contributed by atoms with E-state index < -0.39 is 8.03 Å². The van der Waals surface area contributed by atoms with Gasteiger partial charge >= 0.3 is 0 Å². The van der Waals surface area contributed by atoms with Gasteiger partial charge in [-0.2, -0.15) is 0 Å². The lowest BCUT2D eigenvalue weighted by molar-refractivity contribution is 0.341. The zero-order valence-corrected chi connectivity index (χ0v) is 5.59. The molecule has 48 valence electrons. The average molecular weight is 137 g/mol. The monoisotopic (exact) mass is 137 g/mol. The van der Waals surface area contributed by atoms with E-state index in [0.717, 1.165) is 0 Å². The van der Waals surface area contributed by atoms with E-state index in [9.17, 15) is 9.47 Å². The lowest BCUT2D eigenvalue weighted by atomic mass is 11.0. The van der Waals surface area contributed by atoms with Crippen molar-refractivity contribution in [1.82, 2.24) is 0 Å². The molecule has 0 radical (unpaired) electrons. The molecule has 0 aromatic carbocycles. The molecule has 0 fully saturated rings. The third-order valence-corrected chi connectivity index (χ3v) is 1.60. The number of rotatable bonds is 4. The maximum Gasteiger partial charge on any atom is 0.193 e. The van der Waals surface area contributed by atoms with E-state index in [-0.39, 0.29) is 6.73 Å². The number of nitroso groups, excluding NO2 is 1. The Morgan fingerprint density at radius 1 is 1.75 bits per heavy atom. The summed E-state index contributed by atoms with van der Waals surface area (Å²) >= 11 is 0. The minimum atomic E-state index is -1.94. The van der Waals surface area contributed by atoms with Gasteiger partial charge in [0.1, 0.15) is 0 Å². The summed E-state index contributed by atoms with van der Waals surface area (Å²) in [6.45, 7) is 1.44. The zero-order chi connectivity index (χ0) is 6.41. The molecule has 0 saturated carbocycles. The second-order valence-electron chi connectivity index (χ2n) is 1.13. The van der Waals surface area contributed by atoms with Gasteiger partial charge in [-0.15, -0.1) is 4.91 Å². The van der Waals surface area contributed by atoms with Gasteiger partial charge in [-0.25, -0.2) is 0 Å². The third-order valence-electron chi connectivity index (χ3n) is 0.567. The van der Waals surface area contributed by atoms with Crippen LogP contribution in [0.3, 0.4) is 0 Å². The first kappa shape index (κ1) is 7.79. The molecule has 0 spiro atoms. The molecule has 8 heavy (non-hydrogen) atoms. The van der Waals surface area contributed by atoms with Gasteiger partial charge < -0.3 is 4.52 Å². The molecule has 0 aliphatic carbocycles. The highest BCUT2D eigenvalue weighted by Gasteiger charge is 1.91. The van der Waals surface area contributed by atoms with Crippen molar-refractivity contribution in [2.45, 2.75) is 6.92 Å². The van der Waals surface area contributed by atoms with Gasteiger partial charge in [-0.1, -0.05) is 6.92 Å². The Bertz CT molecular complexity index is 94.5. The summed E-state index contributed by atoms with van der Waals surface area (Å²) < 4.78 is 14.7. The molecule has 0 N–H and O–H groups in total. The van der Waals surface area contributed by atoms with Gasteiger partial charge in [-0.05, 0) is 5.18 Å². The molecule has 0 rings (SSSR count). The second-order valence-corrected chi connectivity index (χ2v) is 2.87. The van der Waals surface area contributed by atoms with Crippen LogP contribution in [0.2, 0.25) is 0 Å². The Labute approximate surface area is 48.1 Å². The van der Waals surface area contributed by atoms with Crippen LogP contribution in [-0.2, 0) is 9.09 Å². The molecule has 1 atom stereocenters. The smallest absolute Gasteiger partial charge is 0.193 e. The first-order chi connectivity index (χ1) is 3.81. The fourth-order valence-electron chi connectivity index (χ4n) is 0.200. The van der Waals surface area contributed by atoms with Crippen LogP contribution in [0.15, 0.2) is 5.18 Å². The van der Waals surface area contributed by atoms with Crippen LogP contribution in [0.4, 0.5) is 0 Å². The minimum absolute atomic E-state index is 0.286. The minimum Gasteiger partial charge on any atom is -0.303 e. The lowest BCUT2D eigenvalue weighted by Crippen LogP contribution is -1.79. The van der Waals surface area contributed by atoms with Crippen molar-refractivity contribution in [3.63, 3.8) is 0 Å². The summed E-state index contributed by atoms with van der Waals surface area (Å²) in [7, 11) is -1.94. The lowest BCUT2D eigenvalue weighted by Gasteiger charge is -1.91. The highest BCUT2D eigenvalue weighted by Crippen LogP contribution is 2.19. The van der Waals surface area contributed by atoms with Crippen LogP contribution < -0.4 is 0 Å². The van der Waals surface area contributed by atoms with Crippen LogP contribution in [-0.4, -0.2) is 12.9 Å². The van der Waals surface area contributed by atoms with Crippen molar-refractivity contribution in [2.75, 3.05) is 12.9 Å². The van der Waals surface area contributed by atoms with Crippen molar-refractivity contribution >= 4 is 8.03 Å². The molecule has 0 amide bonds. The van der Waals surface area contributed by atoms with Gasteiger partial charge in [0.05, 0.1) is 0 Å². The summed E-state index contributed by atoms with van der Waals surface area (Å²) in [5, 5.41) is 2.38. The molecule has 0 bridgehead atoms.